The molecule has 0 spiro atoms. The van der Waals surface area contributed by atoms with Gasteiger partial charge in [0.2, 0.25) is 0 Å². The van der Waals surface area contributed by atoms with Gasteiger partial charge in [-0.2, -0.15) is 0 Å². The molecule has 0 saturated carbocycles. The fourth-order valence-electron chi connectivity index (χ4n) is 1.97. The van der Waals surface area contributed by atoms with E-state index in [1.54, 1.807) is 19.1 Å². The van der Waals surface area contributed by atoms with Gasteiger partial charge in [0.05, 0.1) is 7.11 Å². The molecule has 0 fully saturated rings. The molecule has 0 aliphatic rings. The highest BCUT2D eigenvalue weighted by atomic mass is 127. The van der Waals surface area contributed by atoms with Crippen molar-refractivity contribution < 1.29 is 9.53 Å². The van der Waals surface area contributed by atoms with Gasteiger partial charge < -0.3 is 9.64 Å². The zero-order chi connectivity index (χ0) is 14.5. The molecule has 0 unspecified atom stereocenters. The summed E-state index contributed by atoms with van der Waals surface area (Å²) in [6.07, 6.45) is 0. The van der Waals surface area contributed by atoms with Crippen LogP contribution in [0.15, 0.2) is 48.5 Å². The molecule has 0 radical (unpaired) electrons. The highest BCUT2D eigenvalue weighted by molar-refractivity contribution is 14.1. The van der Waals surface area contributed by atoms with Crippen molar-refractivity contribution in [3.05, 3.63) is 63.2 Å². The van der Waals surface area contributed by atoms with Crippen molar-refractivity contribution in [2.75, 3.05) is 14.2 Å². The summed E-state index contributed by atoms with van der Waals surface area (Å²) < 4.78 is 6.43. The largest absolute Gasteiger partial charge is 0.496 e. The topological polar surface area (TPSA) is 29.5 Å². The molecule has 0 bridgehead atoms. The lowest BCUT2D eigenvalue weighted by molar-refractivity contribution is 0.0784. The van der Waals surface area contributed by atoms with Crippen LogP contribution in [0.3, 0.4) is 0 Å². The molecule has 104 valence electrons. The van der Waals surface area contributed by atoms with Gasteiger partial charge >= 0.3 is 0 Å². The third-order valence-corrected chi connectivity index (χ3v) is 3.76. The summed E-state index contributed by atoms with van der Waals surface area (Å²) >= 11 is 2.22. The molecule has 2 aromatic rings. The number of ether oxygens (including phenoxy) is 1. The summed E-state index contributed by atoms with van der Waals surface area (Å²) in [7, 11) is 3.44. The first-order valence-corrected chi connectivity index (χ1v) is 7.32. The lowest BCUT2D eigenvalue weighted by Gasteiger charge is -2.19. The van der Waals surface area contributed by atoms with Gasteiger partial charge in [-0.1, -0.05) is 18.2 Å². The van der Waals surface area contributed by atoms with Crippen LogP contribution in [0.25, 0.3) is 0 Å². The number of benzene rings is 2. The lowest BCUT2D eigenvalue weighted by atomic mass is 10.1. The highest BCUT2D eigenvalue weighted by Crippen LogP contribution is 2.19. The van der Waals surface area contributed by atoms with Gasteiger partial charge in [0.1, 0.15) is 5.75 Å². The molecule has 0 aromatic heterocycles. The summed E-state index contributed by atoms with van der Waals surface area (Å²) in [5.74, 6) is 0.807. The van der Waals surface area contributed by atoms with E-state index in [9.17, 15) is 4.79 Å². The molecule has 4 heteroatoms. The number of nitrogens with zero attached hydrogens (tertiary/aromatic N) is 1. The van der Waals surface area contributed by atoms with E-state index in [0.29, 0.717) is 12.1 Å². The van der Waals surface area contributed by atoms with Crippen LogP contribution in [0.4, 0.5) is 0 Å². The Labute approximate surface area is 132 Å². The summed E-state index contributed by atoms with van der Waals surface area (Å²) in [5.41, 5.74) is 1.69. The highest BCUT2D eigenvalue weighted by Gasteiger charge is 2.13. The summed E-state index contributed by atoms with van der Waals surface area (Å²) in [5, 5.41) is 0. The third-order valence-electron chi connectivity index (χ3n) is 3.04. The lowest BCUT2D eigenvalue weighted by Crippen LogP contribution is -2.26. The van der Waals surface area contributed by atoms with E-state index < -0.39 is 0 Å². The second-order valence-corrected chi connectivity index (χ2v) is 5.73. The standard InChI is InChI=1S/C16H16INO2/c1-18(11-13-5-3-4-6-15(13)20-2)16(19)12-7-9-14(17)10-8-12/h3-10H,11H2,1-2H3. The van der Waals surface area contributed by atoms with Crippen LogP contribution in [0.5, 0.6) is 5.75 Å². The maximum Gasteiger partial charge on any atom is 0.253 e. The smallest absolute Gasteiger partial charge is 0.253 e. The van der Waals surface area contributed by atoms with E-state index in [-0.39, 0.29) is 5.91 Å². The maximum atomic E-state index is 12.3. The Morgan fingerprint density at radius 3 is 2.45 bits per heavy atom. The van der Waals surface area contributed by atoms with Crippen LogP contribution in [-0.2, 0) is 6.54 Å². The Morgan fingerprint density at radius 2 is 1.80 bits per heavy atom. The Hall–Kier alpha value is -1.56. The average Bonchev–Trinajstić information content (AvgIpc) is 2.48. The fraction of sp³-hybridized carbons (Fsp3) is 0.188. The zero-order valence-electron chi connectivity index (χ0n) is 11.5. The van der Waals surface area contributed by atoms with Crippen molar-refractivity contribution in [3.63, 3.8) is 0 Å². The van der Waals surface area contributed by atoms with Crippen LogP contribution in [0.2, 0.25) is 0 Å². The predicted octanol–water partition coefficient (Wildman–Crippen LogP) is 3.57. The molecule has 0 saturated heterocycles. The van der Waals surface area contributed by atoms with Crippen LogP contribution in [0.1, 0.15) is 15.9 Å². The molecule has 1 amide bonds. The van der Waals surface area contributed by atoms with Gasteiger partial charge in [0.15, 0.2) is 0 Å². The van der Waals surface area contributed by atoms with Gasteiger partial charge in [0, 0.05) is 28.3 Å². The monoisotopic (exact) mass is 381 g/mol. The number of carbonyl (C=O) groups is 1. The van der Waals surface area contributed by atoms with Gasteiger partial charge in [-0.15, -0.1) is 0 Å². The Balaban J connectivity index is 2.13. The Morgan fingerprint density at radius 1 is 1.15 bits per heavy atom. The number of carbonyl (C=O) groups excluding carboxylic acids is 1. The number of amides is 1. The van der Waals surface area contributed by atoms with E-state index in [1.807, 2.05) is 48.5 Å². The SMILES string of the molecule is COc1ccccc1CN(C)C(=O)c1ccc(I)cc1. The number of methoxy groups -OCH3 is 1. The molecule has 0 heterocycles. The van der Waals surface area contributed by atoms with E-state index in [2.05, 4.69) is 22.6 Å². The third kappa shape index (κ3) is 3.50. The second kappa shape index (κ2) is 6.74. The maximum absolute atomic E-state index is 12.3. The zero-order valence-corrected chi connectivity index (χ0v) is 13.6. The summed E-state index contributed by atoms with van der Waals surface area (Å²) in [6, 6.07) is 15.3. The molecule has 0 atom stereocenters. The van der Waals surface area contributed by atoms with Crippen LogP contribution < -0.4 is 4.74 Å². The molecule has 0 aliphatic carbocycles. The fourth-order valence-corrected chi connectivity index (χ4v) is 2.33. The minimum atomic E-state index is 0.00676. The average molecular weight is 381 g/mol. The van der Waals surface area contributed by atoms with E-state index in [1.165, 1.54) is 0 Å². The molecule has 20 heavy (non-hydrogen) atoms. The van der Waals surface area contributed by atoms with E-state index in [0.717, 1.165) is 14.9 Å². The number of para-hydroxylation sites is 1. The molecular weight excluding hydrogens is 365 g/mol. The van der Waals surface area contributed by atoms with Gasteiger partial charge in [-0.3, -0.25) is 4.79 Å². The molecule has 3 nitrogen and oxygen atoms in total. The number of rotatable bonds is 4. The summed E-state index contributed by atoms with van der Waals surface area (Å²) in [6.45, 7) is 0.523. The first-order chi connectivity index (χ1) is 9.61. The minimum Gasteiger partial charge on any atom is -0.496 e. The minimum absolute atomic E-state index is 0.00676. The quantitative estimate of drug-likeness (QED) is 0.758. The van der Waals surface area contributed by atoms with Gasteiger partial charge in [0.25, 0.3) is 5.91 Å². The molecule has 2 aromatic carbocycles. The first-order valence-electron chi connectivity index (χ1n) is 6.24. The van der Waals surface area contributed by atoms with Crippen molar-refractivity contribution >= 4 is 28.5 Å². The molecule has 0 N–H and O–H groups in total. The number of hydrogen-bond donors (Lipinski definition) is 0. The van der Waals surface area contributed by atoms with Crippen LogP contribution in [-0.4, -0.2) is 25.0 Å². The Kier molecular flexibility index (Phi) is 5.00. The number of halogens is 1. The van der Waals surface area contributed by atoms with E-state index in [4.69, 9.17) is 4.74 Å². The van der Waals surface area contributed by atoms with E-state index >= 15 is 0 Å². The molecular formula is C16H16INO2. The van der Waals surface area contributed by atoms with Crippen molar-refractivity contribution in [2.24, 2.45) is 0 Å². The van der Waals surface area contributed by atoms with Crippen molar-refractivity contribution in [1.29, 1.82) is 0 Å². The first kappa shape index (κ1) is 14.8. The van der Waals surface area contributed by atoms with Crippen molar-refractivity contribution in [1.82, 2.24) is 4.90 Å². The van der Waals surface area contributed by atoms with Crippen LogP contribution >= 0.6 is 22.6 Å². The van der Waals surface area contributed by atoms with Crippen molar-refractivity contribution in [3.8, 4) is 5.75 Å². The van der Waals surface area contributed by atoms with Crippen LogP contribution in [0, 0.1) is 3.57 Å². The molecule has 0 aliphatic heterocycles. The van der Waals surface area contributed by atoms with Gasteiger partial charge in [-0.25, -0.2) is 0 Å². The van der Waals surface area contributed by atoms with Crippen molar-refractivity contribution in [2.45, 2.75) is 6.54 Å². The second-order valence-electron chi connectivity index (χ2n) is 4.48. The normalized spacial score (nSPS) is 10.2. The predicted molar refractivity (Wildman–Crippen MR) is 88.0 cm³/mol. The number of hydrogen-bond acceptors (Lipinski definition) is 2. The summed E-state index contributed by atoms with van der Waals surface area (Å²) in [4.78, 5) is 14.0. The van der Waals surface area contributed by atoms with Gasteiger partial charge in [-0.05, 0) is 52.9 Å². The Bertz CT molecular complexity index is 596. The molecule has 2 rings (SSSR count).